The van der Waals surface area contributed by atoms with E-state index >= 15 is 0 Å². The van der Waals surface area contributed by atoms with E-state index in [-0.39, 0.29) is 18.3 Å². The van der Waals surface area contributed by atoms with Gasteiger partial charge < -0.3 is 10.6 Å². The summed E-state index contributed by atoms with van der Waals surface area (Å²) >= 11 is 0. The van der Waals surface area contributed by atoms with Crippen LogP contribution in [0.25, 0.3) is 0 Å². The van der Waals surface area contributed by atoms with Crippen LogP contribution in [0.4, 0.5) is 0 Å². The second-order valence-corrected chi connectivity index (χ2v) is 5.02. The number of hydrogen-bond donors (Lipinski definition) is 2. The van der Waals surface area contributed by atoms with Gasteiger partial charge in [0.05, 0.1) is 0 Å². The number of rotatable bonds is 4. The minimum Gasteiger partial charge on any atom is -0.356 e. The molecule has 1 aliphatic heterocycles. The summed E-state index contributed by atoms with van der Waals surface area (Å²) in [5, 5.41) is 6.44. The lowest BCUT2D eigenvalue weighted by Gasteiger charge is -2.26. The van der Waals surface area contributed by atoms with Crippen LogP contribution in [0.15, 0.2) is 0 Å². The molecule has 1 amide bonds. The van der Waals surface area contributed by atoms with Crippen molar-refractivity contribution in [3.63, 3.8) is 0 Å². The van der Waals surface area contributed by atoms with Crippen LogP contribution < -0.4 is 10.6 Å². The minimum absolute atomic E-state index is 0. The monoisotopic (exact) mass is 246 g/mol. The SMILES string of the molecule is Cl.O=C(CC1CCC1)NCC1CCCNC1. The number of hydrogen-bond acceptors (Lipinski definition) is 2. The Morgan fingerprint density at radius 2 is 1.94 bits per heavy atom. The van der Waals surface area contributed by atoms with E-state index in [1.165, 1.54) is 32.1 Å². The molecule has 2 N–H and O–H groups in total. The van der Waals surface area contributed by atoms with Crippen molar-refractivity contribution in [2.24, 2.45) is 11.8 Å². The number of carbonyl (C=O) groups is 1. The first-order valence-electron chi connectivity index (χ1n) is 6.32. The summed E-state index contributed by atoms with van der Waals surface area (Å²) in [4.78, 5) is 11.6. The molecule has 1 atom stereocenters. The van der Waals surface area contributed by atoms with Gasteiger partial charge in [0.25, 0.3) is 0 Å². The van der Waals surface area contributed by atoms with Crippen molar-refractivity contribution in [3.05, 3.63) is 0 Å². The van der Waals surface area contributed by atoms with E-state index in [4.69, 9.17) is 0 Å². The molecule has 1 saturated heterocycles. The number of amides is 1. The fraction of sp³-hybridized carbons (Fsp3) is 0.917. The van der Waals surface area contributed by atoms with Crippen molar-refractivity contribution in [2.45, 2.75) is 38.5 Å². The van der Waals surface area contributed by atoms with E-state index in [9.17, 15) is 4.79 Å². The maximum absolute atomic E-state index is 11.6. The van der Waals surface area contributed by atoms with Crippen molar-refractivity contribution in [1.82, 2.24) is 10.6 Å². The van der Waals surface area contributed by atoms with Gasteiger partial charge in [0.1, 0.15) is 0 Å². The third-order valence-corrected chi connectivity index (χ3v) is 3.69. The van der Waals surface area contributed by atoms with Gasteiger partial charge in [-0.05, 0) is 50.6 Å². The Morgan fingerprint density at radius 1 is 1.19 bits per heavy atom. The highest BCUT2D eigenvalue weighted by molar-refractivity contribution is 5.85. The summed E-state index contributed by atoms with van der Waals surface area (Å²) in [6.45, 7) is 3.09. The van der Waals surface area contributed by atoms with E-state index in [0.717, 1.165) is 26.1 Å². The number of piperidine rings is 1. The van der Waals surface area contributed by atoms with Gasteiger partial charge in [0.15, 0.2) is 0 Å². The van der Waals surface area contributed by atoms with E-state index in [1.807, 2.05) is 0 Å². The molecule has 4 heteroatoms. The van der Waals surface area contributed by atoms with Crippen LogP contribution in [0.2, 0.25) is 0 Å². The molecule has 2 aliphatic rings. The zero-order chi connectivity index (χ0) is 10.5. The molecule has 0 aromatic heterocycles. The molecule has 94 valence electrons. The van der Waals surface area contributed by atoms with E-state index in [1.54, 1.807) is 0 Å². The minimum atomic E-state index is 0. The van der Waals surface area contributed by atoms with Crippen LogP contribution in [0.5, 0.6) is 0 Å². The fourth-order valence-electron chi connectivity index (χ4n) is 2.39. The molecule has 1 saturated carbocycles. The normalized spacial score (nSPS) is 25.4. The zero-order valence-corrected chi connectivity index (χ0v) is 10.7. The second kappa shape index (κ2) is 7.13. The van der Waals surface area contributed by atoms with Crippen molar-refractivity contribution in [1.29, 1.82) is 0 Å². The average Bonchev–Trinajstić information content (AvgIpc) is 2.22. The van der Waals surface area contributed by atoms with Crippen molar-refractivity contribution < 1.29 is 4.79 Å². The smallest absolute Gasteiger partial charge is 0.220 e. The van der Waals surface area contributed by atoms with Crippen LogP contribution >= 0.6 is 12.4 Å². The highest BCUT2D eigenvalue weighted by Gasteiger charge is 2.21. The summed E-state index contributed by atoms with van der Waals surface area (Å²) in [6.07, 6.45) is 7.13. The summed E-state index contributed by atoms with van der Waals surface area (Å²) in [5.41, 5.74) is 0. The standard InChI is InChI=1S/C12H22N2O.ClH/c15-12(7-10-3-1-4-10)14-9-11-5-2-6-13-8-11;/h10-11,13H,1-9H2,(H,14,15);1H. The molecule has 0 aromatic rings. The lowest BCUT2D eigenvalue weighted by atomic mass is 9.83. The van der Waals surface area contributed by atoms with E-state index < -0.39 is 0 Å². The van der Waals surface area contributed by atoms with Crippen molar-refractivity contribution in [3.8, 4) is 0 Å². The highest BCUT2D eigenvalue weighted by atomic mass is 35.5. The molecule has 0 spiro atoms. The number of carbonyl (C=O) groups excluding carboxylic acids is 1. The maximum atomic E-state index is 11.6. The number of nitrogens with one attached hydrogen (secondary N) is 2. The van der Waals surface area contributed by atoms with E-state index in [0.29, 0.717) is 11.8 Å². The largest absolute Gasteiger partial charge is 0.356 e. The summed E-state index contributed by atoms with van der Waals surface area (Å²) in [7, 11) is 0. The van der Waals surface area contributed by atoms with Crippen molar-refractivity contribution >= 4 is 18.3 Å². The van der Waals surface area contributed by atoms with Gasteiger partial charge in [-0.15, -0.1) is 12.4 Å². The molecule has 3 nitrogen and oxygen atoms in total. The predicted molar refractivity (Wildman–Crippen MR) is 67.8 cm³/mol. The van der Waals surface area contributed by atoms with Gasteiger partial charge in [0, 0.05) is 13.0 Å². The van der Waals surface area contributed by atoms with Gasteiger partial charge >= 0.3 is 0 Å². The molecule has 2 rings (SSSR count). The summed E-state index contributed by atoms with van der Waals surface area (Å²) in [5.74, 6) is 1.61. The maximum Gasteiger partial charge on any atom is 0.220 e. The predicted octanol–water partition coefficient (Wildman–Crippen LogP) is 1.71. The Hall–Kier alpha value is -0.280. The molecule has 0 bridgehead atoms. The van der Waals surface area contributed by atoms with Crippen LogP contribution in [0.1, 0.15) is 38.5 Å². The third kappa shape index (κ3) is 4.30. The topological polar surface area (TPSA) is 41.1 Å². The molecular weight excluding hydrogens is 224 g/mol. The zero-order valence-electron chi connectivity index (χ0n) is 9.84. The molecule has 1 aliphatic carbocycles. The third-order valence-electron chi connectivity index (χ3n) is 3.69. The molecule has 0 aromatic carbocycles. The lowest BCUT2D eigenvalue weighted by molar-refractivity contribution is -0.122. The van der Waals surface area contributed by atoms with Crippen LogP contribution in [0.3, 0.4) is 0 Å². The quantitative estimate of drug-likeness (QED) is 0.793. The first kappa shape index (κ1) is 13.8. The van der Waals surface area contributed by atoms with Gasteiger partial charge in [-0.1, -0.05) is 6.42 Å². The van der Waals surface area contributed by atoms with Gasteiger partial charge in [-0.2, -0.15) is 0 Å². The Bertz CT molecular complexity index is 213. The fourth-order valence-corrected chi connectivity index (χ4v) is 2.39. The molecule has 1 unspecified atom stereocenters. The van der Waals surface area contributed by atoms with Gasteiger partial charge in [-0.3, -0.25) is 4.79 Å². The Morgan fingerprint density at radius 3 is 2.50 bits per heavy atom. The number of halogens is 1. The van der Waals surface area contributed by atoms with Crippen LogP contribution in [-0.4, -0.2) is 25.5 Å². The first-order valence-corrected chi connectivity index (χ1v) is 6.32. The molecular formula is C12H23ClN2O. The van der Waals surface area contributed by atoms with E-state index in [2.05, 4.69) is 10.6 Å². The lowest BCUT2D eigenvalue weighted by Crippen LogP contribution is -2.38. The Labute approximate surface area is 104 Å². The molecule has 1 heterocycles. The van der Waals surface area contributed by atoms with Gasteiger partial charge in [-0.25, -0.2) is 0 Å². The average molecular weight is 247 g/mol. The molecule has 2 fully saturated rings. The Kier molecular flexibility index (Phi) is 6.14. The summed E-state index contributed by atoms with van der Waals surface area (Å²) in [6, 6.07) is 0. The highest BCUT2D eigenvalue weighted by Crippen LogP contribution is 2.29. The molecule has 0 radical (unpaired) electrons. The van der Waals surface area contributed by atoms with Crippen molar-refractivity contribution in [2.75, 3.05) is 19.6 Å². The van der Waals surface area contributed by atoms with Crippen LogP contribution in [0, 0.1) is 11.8 Å². The summed E-state index contributed by atoms with van der Waals surface area (Å²) < 4.78 is 0. The second-order valence-electron chi connectivity index (χ2n) is 5.02. The molecule has 16 heavy (non-hydrogen) atoms. The Balaban J connectivity index is 0.00000128. The van der Waals surface area contributed by atoms with Gasteiger partial charge in [0.2, 0.25) is 5.91 Å². The van der Waals surface area contributed by atoms with Crippen LogP contribution in [-0.2, 0) is 4.79 Å². The first-order chi connectivity index (χ1) is 7.34.